The second kappa shape index (κ2) is 8.20. The van der Waals surface area contributed by atoms with E-state index in [9.17, 15) is 4.79 Å². The summed E-state index contributed by atoms with van der Waals surface area (Å²) in [7, 11) is 0. The molecule has 2 aliphatic heterocycles. The normalized spacial score (nSPS) is 24.8. The van der Waals surface area contributed by atoms with E-state index in [0.717, 1.165) is 42.1 Å². The molecule has 1 fully saturated rings. The molecule has 1 aliphatic carbocycles. The molecule has 0 spiro atoms. The van der Waals surface area contributed by atoms with Crippen molar-refractivity contribution >= 4 is 5.78 Å². The molecule has 2 bridgehead atoms. The van der Waals surface area contributed by atoms with E-state index >= 15 is 0 Å². The van der Waals surface area contributed by atoms with Crippen LogP contribution in [0.1, 0.15) is 35.1 Å². The summed E-state index contributed by atoms with van der Waals surface area (Å²) in [5.74, 6) is 1.78. The van der Waals surface area contributed by atoms with Crippen LogP contribution in [0.2, 0.25) is 0 Å². The van der Waals surface area contributed by atoms with Gasteiger partial charge in [0.2, 0.25) is 0 Å². The molecule has 3 aliphatic rings. The van der Waals surface area contributed by atoms with Gasteiger partial charge in [-0.1, -0.05) is 66.7 Å². The molecule has 0 amide bonds. The van der Waals surface area contributed by atoms with E-state index in [1.165, 1.54) is 11.1 Å². The Morgan fingerprint density at radius 3 is 2.18 bits per heavy atom. The molecule has 6 rings (SSSR count). The highest BCUT2D eigenvalue weighted by atomic mass is 16.5. The van der Waals surface area contributed by atoms with Gasteiger partial charge in [-0.3, -0.25) is 9.69 Å². The van der Waals surface area contributed by atoms with Crippen LogP contribution in [-0.4, -0.2) is 23.3 Å². The molecule has 3 aromatic rings. The van der Waals surface area contributed by atoms with Gasteiger partial charge in [-0.05, 0) is 46.9 Å². The summed E-state index contributed by atoms with van der Waals surface area (Å²) in [5.41, 5.74) is 4.71. The average molecular weight is 438 g/mol. The molecule has 3 aromatic carbocycles. The molecular weight excluding hydrogens is 410 g/mol. The van der Waals surface area contributed by atoms with Crippen molar-refractivity contribution in [3.8, 4) is 11.5 Å². The quantitative estimate of drug-likeness (QED) is 0.531. The number of rotatable bonds is 6. The topological polar surface area (TPSA) is 38.8 Å². The predicted molar refractivity (Wildman–Crippen MR) is 127 cm³/mol. The summed E-state index contributed by atoms with van der Waals surface area (Å²) in [6.07, 6.45) is 5.59. The summed E-state index contributed by atoms with van der Waals surface area (Å²) in [6.45, 7) is 2.84. The van der Waals surface area contributed by atoms with E-state index in [2.05, 4.69) is 47.4 Å². The van der Waals surface area contributed by atoms with E-state index in [1.807, 2.05) is 36.4 Å². The van der Waals surface area contributed by atoms with Crippen molar-refractivity contribution in [1.82, 2.24) is 4.90 Å². The second-order valence-electron chi connectivity index (χ2n) is 9.29. The number of allylic oxidation sites excluding steroid dienone is 1. The van der Waals surface area contributed by atoms with Crippen molar-refractivity contribution in [3.05, 3.63) is 107 Å². The third-order valence-electron chi connectivity index (χ3n) is 7.33. The average Bonchev–Trinajstić information content (AvgIpc) is 3.13. The van der Waals surface area contributed by atoms with Crippen LogP contribution in [-0.2, 0) is 30.0 Å². The zero-order valence-electron chi connectivity index (χ0n) is 18.6. The van der Waals surface area contributed by atoms with E-state index in [4.69, 9.17) is 9.47 Å². The Balaban J connectivity index is 1.37. The van der Waals surface area contributed by atoms with Crippen LogP contribution in [0.4, 0.5) is 0 Å². The van der Waals surface area contributed by atoms with Crippen LogP contribution in [0.5, 0.6) is 11.5 Å². The van der Waals surface area contributed by atoms with E-state index in [1.54, 1.807) is 6.08 Å². The Hall–Kier alpha value is -3.37. The van der Waals surface area contributed by atoms with Gasteiger partial charge in [0.15, 0.2) is 17.3 Å². The number of ether oxygens (including phenoxy) is 2. The van der Waals surface area contributed by atoms with Crippen molar-refractivity contribution in [2.24, 2.45) is 0 Å². The van der Waals surface area contributed by atoms with Gasteiger partial charge in [-0.15, -0.1) is 0 Å². The van der Waals surface area contributed by atoms with Crippen molar-refractivity contribution in [1.29, 1.82) is 0 Å². The van der Waals surface area contributed by atoms with Crippen LogP contribution < -0.4 is 9.47 Å². The van der Waals surface area contributed by atoms with Crippen LogP contribution in [0.3, 0.4) is 0 Å². The first-order chi connectivity index (χ1) is 16.2. The van der Waals surface area contributed by atoms with Crippen molar-refractivity contribution in [2.75, 3.05) is 6.54 Å². The molecule has 4 nitrogen and oxygen atoms in total. The molecule has 4 heteroatoms. The van der Waals surface area contributed by atoms with Gasteiger partial charge >= 0.3 is 0 Å². The SMILES string of the molecule is O=C1C=CC23CCN(Cc4cc(OCc5ccccc5)c(OCc5ccccc5)cc42)C3C1. The van der Waals surface area contributed by atoms with Gasteiger partial charge in [-0.25, -0.2) is 0 Å². The van der Waals surface area contributed by atoms with E-state index in [0.29, 0.717) is 19.6 Å². The van der Waals surface area contributed by atoms with E-state index < -0.39 is 0 Å². The first-order valence-electron chi connectivity index (χ1n) is 11.7. The molecule has 0 N–H and O–H groups in total. The molecule has 33 heavy (non-hydrogen) atoms. The Kier molecular flexibility index (Phi) is 5.03. The van der Waals surface area contributed by atoms with Gasteiger partial charge in [0.05, 0.1) is 0 Å². The predicted octanol–water partition coefficient (Wildman–Crippen LogP) is 5.20. The molecular formula is C29H27NO3. The van der Waals surface area contributed by atoms with Crippen molar-refractivity contribution in [3.63, 3.8) is 0 Å². The first kappa shape index (κ1) is 20.3. The first-order valence-corrected chi connectivity index (χ1v) is 11.7. The Bertz CT molecular complexity index is 1200. The standard InChI is InChI=1S/C29H27NO3/c31-24-11-12-29-13-14-30(28(29)16-24)18-23-15-26(32-19-21-7-3-1-4-8-21)27(17-25(23)29)33-20-22-9-5-2-6-10-22/h1-12,15,17,28H,13-14,16,18-20H2. The smallest absolute Gasteiger partial charge is 0.162 e. The van der Waals surface area contributed by atoms with Crippen LogP contribution in [0.15, 0.2) is 84.9 Å². The molecule has 0 radical (unpaired) electrons. The minimum atomic E-state index is -0.107. The van der Waals surface area contributed by atoms with Crippen molar-refractivity contribution < 1.29 is 14.3 Å². The lowest BCUT2D eigenvalue weighted by molar-refractivity contribution is -0.116. The molecule has 2 heterocycles. The highest BCUT2D eigenvalue weighted by molar-refractivity contribution is 5.92. The van der Waals surface area contributed by atoms with Crippen molar-refractivity contribution in [2.45, 2.75) is 44.1 Å². The maximum absolute atomic E-state index is 12.2. The fourth-order valence-corrected chi connectivity index (χ4v) is 5.66. The van der Waals surface area contributed by atoms with E-state index in [-0.39, 0.29) is 17.2 Å². The Morgan fingerprint density at radius 2 is 1.52 bits per heavy atom. The number of carbonyl (C=O) groups excluding carboxylic acids is 1. The minimum Gasteiger partial charge on any atom is -0.485 e. The summed E-state index contributed by atoms with van der Waals surface area (Å²) in [4.78, 5) is 14.7. The van der Waals surface area contributed by atoms with Gasteiger partial charge in [0, 0.05) is 31.0 Å². The number of carbonyl (C=O) groups is 1. The zero-order valence-corrected chi connectivity index (χ0v) is 18.6. The molecule has 0 saturated carbocycles. The van der Waals surface area contributed by atoms with Gasteiger partial charge in [0.1, 0.15) is 13.2 Å². The number of nitrogens with zero attached hydrogens (tertiary/aromatic N) is 1. The number of hydrogen-bond acceptors (Lipinski definition) is 4. The van der Waals surface area contributed by atoms with Gasteiger partial charge < -0.3 is 9.47 Å². The molecule has 166 valence electrons. The lowest BCUT2D eigenvalue weighted by Crippen LogP contribution is -2.48. The summed E-state index contributed by atoms with van der Waals surface area (Å²) < 4.78 is 12.7. The Morgan fingerprint density at radius 1 is 0.879 bits per heavy atom. The number of ketones is 1. The lowest BCUT2D eigenvalue weighted by atomic mass is 9.67. The minimum absolute atomic E-state index is 0.107. The fourth-order valence-electron chi connectivity index (χ4n) is 5.66. The Labute approximate surface area is 194 Å². The lowest BCUT2D eigenvalue weighted by Gasteiger charge is -2.44. The molecule has 3 atom stereocenters. The maximum Gasteiger partial charge on any atom is 0.162 e. The van der Waals surface area contributed by atoms with Gasteiger partial charge in [0.25, 0.3) is 0 Å². The van der Waals surface area contributed by atoms with Crippen LogP contribution >= 0.6 is 0 Å². The van der Waals surface area contributed by atoms with Crippen LogP contribution in [0.25, 0.3) is 0 Å². The summed E-state index contributed by atoms with van der Waals surface area (Å²) in [5, 5.41) is 0. The van der Waals surface area contributed by atoms with Gasteiger partial charge in [-0.2, -0.15) is 0 Å². The molecule has 1 saturated heterocycles. The highest BCUT2D eigenvalue weighted by Gasteiger charge is 2.53. The number of hydrogen-bond donors (Lipinski definition) is 0. The summed E-state index contributed by atoms with van der Waals surface area (Å²) >= 11 is 0. The third-order valence-corrected chi connectivity index (χ3v) is 7.33. The highest BCUT2D eigenvalue weighted by Crippen LogP contribution is 2.52. The van der Waals surface area contributed by atoms with Crippen LogP contribution in [0, 0.1) is 0 Å². The second-order valence-corrected chi connectivity index (χ2v) is 9.29. The maximum atomic E-state index is 12.2. The zero-order chi connectivity index (χ0) is 22.3. The molecule has 0 aromatic heterocycles. The fraction of sp³-hybridized carbons (Fsp3) is 0.276. The largest absolute Gasteiger partial charge is 0.485 e. The third kappa shape index (κ3) is 3.65. The number of benzene rings is 3. The summed E-state index contributed by atoms with van der Waals surface area (Å²) in [6, 6.07) is 25.0. The number of fused-ring (bicyclic) bond motifs is 1. The molecule has 3 unspecified atom stereocenters. The monoisotopic (exact) mass is 437 g/mol.